The van der Waals surface area contributed by atoms with Crippen molar-refractivity contribution in [1.82, 2.24) is 5.32 Å². The summed E-state index contributed by atoms with van der Waals surface area (Å²) in [6.45, 7) is 3.22. The fourth-order valence-electron chi connectivity index (χ4n) is 2.60. The molecule has 2 atom stereocenters. The zero-order valence-corrected chi connectivity index (χ0v) is 12.1. The molecule has 1 aliphatic carbocycles. The maximum Gasteiger partial charge on any atom is 0.159 e. The van der Waals surface area contributed by atoms with Gasteiger partial charge in [0, 0.05) is 23.2 Å². The summed E-state index contributed by atoms with van der Waals surface area (Å²) < 4.78 is 25.8. The Kier molecular flexibility index (Phi) is 5.64. The second kappa shape index (κ2) is 7.25. The van der Waals surface area contributed by atoms with E-state index in [0.29, 0.717) is 6.04 Å². The molecule has 1 aromatic carbocycles. The maximum atomic E-state index is 13.0. The van der Waals surface area contributed by atoms with Crippen LogP contribution in [0.3, 0.4) is 0 Å². The van der Waals surface area contributed by atoms with Crippen LogP contribution in [0.25, 0.3) is 0 Å². The van der Waals surface area contributed by atoms with E-state index >= 15 is 0 Å². The fourth-order valence-corrected chi connectivity index (χ4v) is 3.41. The predicted octanol–water partition coefficient (Wildman–Crippen LogP) is 4.23. The summed E-state index contributed by atoms with van der Waals surface area (Å²) >= 11 is 1.56. The smallest absolute Gasteiger partial charge is 0.159 e. The van der Waals surface area contributed by atoms with Crippen LogP contribution in [0.2, 0.25) is 0 Å². The topological polar surface area (TPSA) is 12.0 Å². The standard InChI is InChI=1S/C15H21F2NS/c1-11-4-2-3-5-15(11)18-8-9-19-12-6-7-13(16)14(17)10-12/h6-7,10-11,15,18H,2-5,8-9H2,1H3. The van der Waals surface area contributed by atoms with Gasteiger partial charge < -0.3 is 5.32 Å². The van der Waals surface area contributed by atoms with Crippen molar-refractivity contribution in [2.45, 2.75) is 43.5 Å². The van der Waals surface area contributed by atoms with Gasteiger partial charge in [-0.25, -0.2) is 8.78 Å². The third kappa shape index (κ3) is 4.46. The Balaban J connectivity index is 1.70. The van der Waals surface area contributed by atoms with Crippen LogP contribution in [0, 0.1) is 17.6 Å². The van der Waals surface area contributed by atoms with Crippen molar-refractivity contribution in [2.24, 2.45) is 5.92 Å². The van der Waals surface area contributed by atoms with Crippen LogP contribution < -0.4 is 5.32 Å². The highest BCUT2D eigenvalue weighted by molar-refractivity contribution is 7.99. The van der Waals surface area contributed by atoms with Gasteiger partial charge in [-0.05, 0) is 37.0 Å². The molecule has 106 valence electrons. The summed E-state index contributed by atoms with van der Waals surface area (Å²) in [5.74, 6) is 0.0910. The summed E-state index contributed by atoms with van der Waals surface area (Å²) in [5.41, 5.74) is 0. The lowest BCUT2D eigenvalue weighted by Gasteiger charge is -2.29. The lowest BCUT2D eigenvalue weighted by atomic mass is 9.86. The first-order valence-corrected chi connectivity index (χ1v) is 7.96. The molecule has 1 fully saturated rings. The van der Waals surface area contributed by atoms with E-state index in [4.69, 9.17) is 0 Å². The Labute approximate surface area is 118 Å². The van der Waals surface area contributed by atoms with E-state index < -0.39 is 11.6 Å². The van der Waals surface area contributed by atoms with Gasteiger partial charge in [-0.2, -0.15) is 0 Å². The summed E-state index contributed by atoms with van der Waals surface area (Å²) in [6, 6.07) is 4.71. The number of rotatable bonds is 5. The average Bonchev–Trinajstić information content (AvgIpc) is 2.40. The first-order chi connectivity index (χ1) is 9.16. The molecule has 2 rings (SSSR count). The van der Waals surface area contributed by atoms with Crippen LogP contribution in [0.1, 0.15) is 32.6 Å². The predicted molar refractivity (Wildman–Crippen MR) is 76.5 cm³/mol. The first-order valence-electron chi connectivity index (χ1n) is 6.98. The van der Waals surface area contributed by atoms with Crippen molar-refractivity contribution in [3.63, 3.8) is 0 Å². The van der Waals surface area contributed by atoms with E-state index in [1.54, 1.807) is 17.8 Å². The Hall–Kier alpha value is -0.610. The Morgan fingerprint density at radius 3 is 2.74 bits per heavy atom. The van der Waals surface area contributed by atoms with Gasteiger partial charge in [0.05, 0.1) is 0 Å². The van der Waals surface area contributed by atoms with Crippen LogP contribution in [-0.2, 0) is 0 Å². The van der Waals surface area contributed by atoms with Crippen LogP contribution in [0.15, 0.2) is 23.1 Å². The van der Waals surface area contributed by atoms with E-state index in [2.05, 4.69) is 12.2 Å². The molecule has 1 aliphatic rings. The minimum absolute atomic E-state index is 0.624. The second-order valence-corrected chi connectivity index (χ2v) is 6.42. The molecule has 0 heterocycles. The molecule has 0 radical (unpaired) electrons. The van der Waals surface area contributed by atoms with E-state index in [1.165, 1.54) is 37.8 Å². The van der Waals surface area contributed by atoms with Gasteiger partial charge in [-0.15, -0.1) is 11.8 Å². The molecular formula is C15H21F2NS. The Bertz CT molecular complexity index is 411. The third-order valence-electron chi connectivity index (χ3n) is 3.78. The lowest BCUT2D eigenvalue weighted by molar-refractivity contribution is 0.285. The van der Waals surface area contributed by atoms with Gasteiger partial charge in [0.25, 0.3) is 0 Å². The van der Waals surface area contributed by atoms with Gasteiger partial charge >= 0.3 is 0 Å². The van der Waals surface area contributed by atoms with Crippen LogP contribution in [0.5, 0.6) is 0 Å². The van der Waals surface area contributed by atoms with Crippen LogP contribution >= 0.6 is 11.8 Å². The molecule has 1 aromatic rings. The minimum Gasteiger partial charge on any atom is -0.313 e. The number of benzene rings is 1. The fraction of sp³-hybridized carbons (Fsp3) is 0.600. The second-order valence-electron chi connectivity index (χ2n) is 5.25. The normalized spacial score (nSPS) is 23.5. The zero-order valence-electron chi connectivity index (χ0n) is 11.3. The number of halogens is 2. The molecule has 0 aromatic heterocycles. The molecule has 4 heteroatoms. The van der Waals surface area contributed by atoms with Gasteiger partial charge in [0.15, 0.2) is 11.6 Å². The van der Waals surface area contributed by atoms with Crippen molar-refractivity contribution >= 4 is 11.8 Å². The maximum absolute atomic E-state index is 13.0. The van der Waals surface area contributed by atoms with Crippen molar-refractivity contribution in [3.8, 4) is 0 Å². The van der Waals surface area contributed by atoms with Gasteiger partial charge in [0.1, 0.15) is 0 Å². The highest BCUT2D eigenvalue weighted by Gasteiger charge is 2.20. The third-order valence-corrected chi connectivity index (χ3v) is 4.78. The molecule has 1 nitrogen and oxygen atoms in total. The van der Waals surface area contributed by atoms with Crippen molar-refractivity contribution in [1.29, 1.82) is 0 Å². The van der Waals surface area contributed by atoms with Crippen LogP contribution in [-0.4, -0.2) is 18.3 Å². The van der Waals surface area contributed by atoms with Crippen molar-refractivity contribution in [2.75, 3.05) is 12.3 Å². The average molecular weight is 285 g/mol. The SMILES string of the molecule is CC1CCCCC1NCCSc1ccc(F)c(F)c1. The number of thioether (sulfide) groups is 1. The molecule has 2 unspecified atom stereocenters. The van der Waals surface area contributed by atoms with Gasteiger partial charge in [-0.3, -0.25) is 0 Å². The first kappa shape index (κ1) is 14.8. The molecule has 19 heavy (non-hydrogen) atoms. The number of nitrogens with one attached hydrogen (secondary N) is 1. The molecule has 0 saturated heterocycles. The molecular weight excluding hydrogens is 264 g/mol. The van der Waals surface area contributed by atoms with E-state index in [1.807, 2.05) is 0 Å². The molecule has 0 amide bonds. The largest absolute Gasteiger partial charge is 0.313 e. The molecule has 0 bridgehead atoms. The van der Waals surface area contributed by atoms with Gasteiger partial charge in [-0.1, -0.05) is 19.8 Å². The molecule has 1 N–H and O–H groups in total. The monoisotopic (exact) mass is 285 g/mol. The van der Waals surface area contributed by atoms with E-state index in [0.717, 1.165) is 23.1 Å². The summed E-state index contributed by atoms with van der Waals surface area (Å²) in [6.07, 6.45) is 5.24. The highest BCUT2D eigenvalue weighted by Crippen LogP contribution is 2.24. The Morgan fingerprint density at radius 1 is 1.21 bits per heavy atom. The Morgan fingerprint density at radius 2 is 2.00 bits per heavy atom. The van der Waals surface area contributed by atoms with Gasteiger partial charge in [0.2, 0.25) is 0 Å². The zero-order chi connectivity index (χ0) is 13.7. The van der Waals surface area contributed by atoms with Crippen LogP contribution in [0.4, 0.5) is 8.78 Å². The summed E-state index contributed by atoms with van der Waals surface area (Å²) in [5, 5.41) is 3.58. The molecule has 0 aliphatic heterocycles. The highest BCUT2D eigenvalue weighted by atomic mass is 32.2. The van der Waals surface area contributed by atoms with E-state index in [9.17, 15) is 8.78 Å². The lowest BCUT2D eigenvalue weighted by Crippen LogP contribution is -2.38. The number of hydrogen-bond acceptors (Lipinski definition) is 2. The summed E-state index contributed by atoms with van der Waals surface area (Å²) in [7, 11) is 0. The minimum atomic E-state index is -0.779. The quantitative estimate of drug-likeness (QED) is 0.642. The molecule has 1 saturated carbocycles. The number of hydrogen-bond donors (Lipinski definition) is 1. The molecule has 0 spiro atoms. The van der Waals surface area contributed by atoms with Crippen molar-refractivity contribution in [3.05, 3.63) is 29.8 Å². The summed E-state index contributed by atoms with van der Waals surface area (Å²) in [4.78, 5) is 0.789. The van der Waals surface area contributed by atoms with Crippen molar-refractivity contribution < 1.29 is 8.78 Å². The van der Waals surface area contributed by atoms with E-state index in [-0.39, 0.29) is 0 Å².